The monoisotopic (exact) mass is 494 g/mol. The highest BCUT2D eigenvalue weighted by atomic mass is 19.2. The molecule has 2 amide bonds. The summed E-state index contributed by atoms with van der Waals surface area (Å²) in [6, 6.07) is -1.67. The van der Waals surface area contributed by atoms with Gasteiger partial charge in [-0.1, -0.05) is 6.58 Å². The van der Waals surface area contributed by atoms with Gasteiger partial charge < -0.3 is 24.8 Å². The Morgan fingerprint density at radius 1 is 1.26 bits per heavy atom. The van der Waals surface area contributed by atoms with Gasteiger partial charge in [0.2, 0.25) is 12.2 Å². The molecular weight excluding hydrogens is 472 g/mol. The molecule has 0 radical (unpaired) electrons. The van der Waals surface area contributed by atoms with Crippen LogP contribution in [0, 0.1) is 5.92 Å². The number of amides is 2. The maximum Gasteiger partial charge on any atom is 0.305 e. The number of aliphatic carboxylic acids is 1. The number of ether oxygens (including phenoxy) is 2. The second-order valence-corrected chi connectivity index (χ2v) is 6.90. The fourth-order valence-electron chi connectivity index (χ4n) is 2.65. The van der Waals surface area contributed by atoms with E-state index in [1.54, 1.807) is 0 Å². The van der Waals surface area contributed by atoms with Crippen molar-refractivity contribution in [3.05, 3.63) is 35.9 Å². The van der Waals surface area contributed by atoms with Crippen molar-refractivity contribution in [2.45, 2.75) is 12.5 Å². The summed E-state index contributed by atoms with van der Waals surface area (Å²) >= 11 is 0. The van der Waals surface area contributed by atoms with Crippen LogP contribution in [-0.4, -0.2) is 85.5 Å². The molecule has 0 aromatic rings. The van der Waals surface area contributed by atoms with Gasteiger partial charge in [-0.05, 0) is 0 Å². The number of alkyl halides is 1. The number of carbonyl (C=O) groups is 5. The lowest BCUT2D eigenvalue weighted by molar-refractivity contribution is -0.141. The highest BCUT2D eigenvalue weighted by molar-refractivity contribution is 6.23. The van der Waals surface area contributed by atoms with E-state index in [4.69, 9.17) is 9.84 Å². The van der Waals surface area contributed by atoms with Crippen LogP contribution in [0.1, 0.15) is 6.42 Å². The van der Waals surface area contributed by atoms with Gasteiger partial charge in [-0.25, -0.2) is 13.2 Å². The van der Waals surface area contributed by atoms with Crippen LogP contribution in [0.4, 0.5) is 17.6 Å². The van der Waals surface area contributed by atoms with Crippen LogP contribution >= 0.6 is 0 Å². The van der Waals surface area contributed by atoms with Gasteiger partial charge in [0, 0.05) is 19.2 Å². The van der Waals surface area contributed by atoms with Gasteiger partial charge in [0.1, 0.15) is 25.2 Å². The summed E-state index contributed by atoms with van der Waals surface area (Å²) in [4.78, 5) is 59.4. The van der Waals surface area contributed by atoms with Crippen LogP contribution in [0.15, 0.2) is 35.9 Å². The van der Waals surface area contributed by atoms with Crippen molar-refractivity contribution in [2.75, 3.05) is 39.6 Å². The molecule has 10 nitrogen and oxygen atoms in total. The van der Waals surface area contributed by atoms with Crippen molar-refractivity contribution >= 4 is 29.9 Å². The summed E-state index contributed by atoms with van der Waals surface area (Å²) in [5.41, 5.74) is 0. The lowest BCUT2D eigenvalue weighted by Crippen LogP contribution is -2.49. The second-order valence-electron chi connectivity index (χ2n) is 6.90. The van der Waals surface area contributed by atoms with Gasteiger partial charge in [-0.2, -0.15) is 4.39 Å². The van der Waals surface area contributed by atoms with E-state index in [-0.39, 0.29) is 38.7 Å². The Kier molecular flexibility index (Phi) is 11.6. The number of allylic oxidation sites excluding steroid dienone is 4. The molecule has 1 aliphatic rings. The Balaban J connectivity index is 2.85. The lowest BCUT2D eigenvalue weighted by atomic mass is 10.1. The third-order valence-corrected chi connectivity index (χ3v) is 4.39. The van der Waals surface area contributed by atoms with Gasteiger partial charge in [-0.15, -0.1) is 0 Å². The first-order valence-corrected chi connectivity index (χ1v) is 9.66. The normalized spacial score (nSPS) is 18.2. The number of carboxylic acid groups (broad SMARTS) is 1. The second kappa shape index (κ2) is 13.9. The van der Waals surface area contributed by atoms with Crippen molar-refractivity contribution in [2.24, 2.45) is 5.92 Å². The van der Waals surface area contributed by atoms with E-state index in [9.17, 15) is 41.5 Å². The number of hydrogen-bond acceptors (Lipinski definition) is 7. The number of rotatable bonds is 12. The molecule has 2 unspecified atom stereocenters. The number of carboxylic acids is 1. The van der Waals surface area contributed by atoms with Gasteiger partial charge in [0.05, 0.1) is 25.6 Å². The molecule has 0 saturated carbocycles. The molecule has 1 fully saturated rings. The molecule has 188 valence electrons. The van der Waals surface area contributed by atoms with Crippen molar-refractivity contribution in [3.8, 4) is 0 Å². The van der Waals surface area contributed by atoms with Crippen LogP contribution in [0.5, 0.6) is 0 Å². The lowest BCUT2D eigenvalue weighted by Gasteiger charge is -2.23. The summed E-state index contributed by atoms with van der Waals surface area (Å²) in [6.45, 7) is -0.0807. The van der Waals surface area contributed by atoms with Crippen LogP contribution < -0.4 is 5.32 Å². The summed E-state index contributed by atoms with van der Waals surface area (Å²) in [5, 5.41) is 11.2. The minimum absolute atomic E-state index is 0.0366. The highest BCUT2D eigenvalue weighted by Gasteiger charge is 2.31. The number of carbonyl (C=O) groups excluding carboxylic acids is 4. The average molecular weight is 494 g/mol. The minimum atomic E-state index is -1.86. The Morgan fingerprint density at radius 2 is 1.94 bits per heavy atom. The molecule has 1 rings (SSSR count). The number of hydrogen-bond donors (Lipinski definition) is 2. The van der Waals surface area contributed by atoms with E-state index in [1.165, 1.54) is 0 Å². The highest BCUT2D eigenvalue weighted by Crippen LogP contribution is 2.20. The SMILES string of the molecule is C=C(OCC(=O)C(CC(=O)O)NC(=O)C1COCCN(C(=O)C=O)C1)/C(F)=C(F)\C=C(\F)CF. The Bertz CT molecular complexity index is 890. The zero-order valence-corrected chi connectivity index (χ0v) is 17.7. The van der Waals surface area contributed by atoms with E-state index in [0.717, 1.165) is 4.90 Å². The first-order valence-electron chi connectivity index (χ1n) is 9.66. The number of Topliss-reactive ketones (excluding diaryl/α,β-unsaturated/α-hetero) is 1. The molecule has 0 spiro atoms. The summed E-state index contributed by atoms with van der Waals surface area (Å²) in [6.07, 6.45) is -0.936. The summed E-state index contributed by atoms with van der Waals surface area (Å²) in [7, 11) is 0. The first-order chi connectivity index (χ1) is 16.0. The average Bonchev–Trinajstić information content (AvgIpc) is 3.06. The quantitative estimate of drug-likeness (QED) is 0.133. The number of nitrogens with zero attached hydrogens (tertiary/aromatic N) is 1. The van der Waals surface area contributed by atoms with Gasteiger partial charge >= 0.3 is 5.97 Å². The molecule has 0 aromatic carbocycles. The van der Waals surface area contributed by atoms with E-state index >= 15 is 0 Å². The van der Waals surface area contributed by atoms with Gasteiger partial charge in [-0.3, -0.25) is 24.0 Å². The molecular formula is C20H22F4N2O8. The Labute approximate surface area is 190 Å². The van der Waals surface area contributed by atoms with Gasteiger partial charge in [0.15, 0.2) is 23.2 Å². The van der Waals surface area contributed by atoms with E-state index < -0.39 is 78.5 Å². The maximum absolute atomic E-state index is 13.8. The molecule has 1 saturated heterocycles. The fraction of sp³-hybridized carbons (Fsp3) is 0.450. The zero-order chi connectivity index (χ0) is 25.8. The molecule has 0 aliphatic carbocycles. The maximum atomic E-state index is 13.8. The van der Waals surface area contributed by atoms with Crippen LogP contribution in [0.25, 0.3) is 0 Å². The van der Waals surface area contributed by atoms with E-state index in [1.807, 2.05) is 0 Å². The Hall–Kier alpha value is -3.55. The standard InChI is InChI=1S/C20H22F4N2O8/c1-11(19(24)14(23)4-13(22)6-21)34-10-16(28)15(5-18(30)31)25-20(32)12-7-26(17(29)8-27)2-3-33-9-12/h4,8,12,15H,1-3,5-7,9-10H2,(H,25,32)(H,30,31)/b13-4+,19-14-. The number of halogens is 4. The fourth-order valence-corrected chi connectivity index (χ4v) is 2.65. The predicted molar refractivity (Wildman–Crippen MR) is 106 cm³/mol. The van der Waals surface area contributed by atoms with Crippen molar-refractivity contribution in [3.63, 3.8) is 0 Å². The molecule has 1 heterocycles. The van der Waals surface area contributed by atoms with Crippen molar-refractivity contribution < 1.29 is 56.1 Å². The molecule has 0 bridgehead atoms. The van der Waals surface area contributed by atoms with E-state index in [0.29, 0.717) is 0 Å². The molecule has 0 aromatic heterocycles. The topological polar surface area (TPSA) is 139 Å². The molecule has 34 heavy (non-hydrogen) atoms. The largest absolute Gasteiger partial charge is 0.483 e. The molecule has 14 heteroatoms. The molecule has 2 N–H and O–H groups in total. The van der Waals surface area contributed by atoms with E-state index in [2.05, 4.69) is 16.6 Å². The molecule has 2 atom stereocenters. The first kappa shape index (κ1) is 28.5. The van der Waals surface area contributed by atoms with Crippen LogP contribution in [-0.2, 0) is 33.4 Å². The number of ketones is 1. The zero-order valence-electron chi connectivity index (χ0n) is 17.7. The van der Waals surface area contributed by atoms with Crippen LogP contribution in [0.2, 0.25) is 0 Å². The smallest absolute Gasteiger partial charge is 0.305 e. The summed E-state index contributed by atoms with van der Waals surface area (Å²) < 4.78 is 61.8. The third-order valence-electron chi connectivity index (χ3n) is 4.39. The van der Waals surface area contributed by atoms with Crippen molar-refractivity contribution in [1.29, 1.82) is 0 Å². The number of aldehydes is 1. The van der Waals surface area contributed by atoms with Crippen LogP contribution in [0.3, 0.4) is 0 Å². The minimum Gasteiger partial charge on any atom is -0.483 e. The summed E-state index contributed by atoms with van der Waals surface area (Å²) in [5.74, 6) is -11.7. The predicted octanol–water partition coefficient (Wildman–Crippen LogP) is 0.693. The number of nitrogens with one attached hydrogen (secondary N) is 1. The van der Waals surface area contributed by atoms with Crippen molar-refractivity contribution in [1.82, 2.24) is 10.2 Å². The molecule has 1 aliphatic heterocycles. The van der Waals surface area contributed by atoms with Gasteiger partial charge in [0.25, 0.3) is 5.91 Å². The third kappa shape index (κ3) is 9.13. The Morgan fingerprint density at radius 3 is 2.53 bits per heavy atom.